The van der Waals surface area contributed by atoms with Crippen molar-refractivity contribution in [2.75, 3.05) is 45.9 Å². The summed E-state index contributed by atoms with van der Waals surface area (Å²) in [4.78, 5) is 25.0. The molecule has 0 aromatic heterocycles. The van der Waals surface area contributed by atoms with Crippen LogP contribution in [0.3, 0.4) is 0 Å². The first-order valence-corrected chi connectivity index (χ1v) is 7.42. The SMILES string of the molecule is O=C(N1CCCC1)N1CCOC2(CNC2)C1.O=C(O)C(F)(F)F. The van der Waals surface area contributed by atoms with E-state index in [0.29, 0.717) is 6.61 Å². The first-order valence-electron chi connectivity index (χ1n) is 7.42. The number of amides is 2. The zero-order valence-electron chi connectivity index (χ0n) is 12.6. The summed E-state index contributed by atoms with van der Waals surface area (Å²) in [6.07, 6.45) is -2.77. The third kappa shape index (κ3) is 4.47. The van der Waals surface area contributed by atoms with E-state index in [1.54, 1.807) is 0 Å². The molecule has 10 heteroatoms. The van der Waals surface area contributed by atoms with E-state index in [1.807, 2.05) is 9.80 Å². The lowest BCUT2D eigenvalue weighted by molar-refractivity contribution is -0.192. The highest BCUT2D eigenvalue weighted by Crippen LogP contribution is 2.23. The molecule has 3 heterocycles. The van der Waals surface area contributed by atoms with Gasteiger partial charge in [-0.05, 0) is 12.8 Å². The van der Waals surface area contributed by atoms with E-state index in [1.165, 1.54) is 0 Å². The third-order valence-corrected chi connectivity index (χ3v) is 4.03. The van der Waals surface area contributed by atoms with Gasteiger partial charge in [0.25, 0.3) is 0 Å². The fourth-order valence-electron chi connectivity index (χ4n) is 2.73. The summed E-state index contributed by atoms with van der Waals surface area (Å²) in [7, 11) is 0. The van der Waals surface area contributed by atoms with Crippen LogP contribution in [0.4, 0.5) is 18.0 Å². The Kier molecular flexibility index (Phi) is 5.35. The quantitative estimate of drug-likeness (QED) is 0.672. The Morgan fingerprint density at radius 2 is 1.65 bits per heavy atom. The Hall–Kier alpha value is -1.55. The van der Waals surface area contributed by atoms with Gasteiger partial charge in [0.05, 0.1) is 13.2 Å². The highest BCUT2D eigenvalue weighted by Gasteiger charge is 2.44. The van der Waals surface area contributed by atoms with Crippen molar-refractivity contribution in [3.63, 3.8) is 0 Å². The molecule has 3 aliphatic heterocycles. The molecule has 3 rings (SSSR count). The van der Waals surface area contributed by atoms with Crippen LogP contribution in [0.25, 0.3) is 0 Å². The van der Waals surface area contributed by atoms with Crippen molar-refractivity contribution in [2.45, 2.75) is 24.6 Å². The first kappa shape index (κ1) is 17.8. The summed E-state index contributed by atoms with van der Waals surface area (Å²) in [6.45, 7) is 5.82. The summed E-state index contributed by atoms with van der Waals surface area (Å²) in [5.41, 5.74) is -0.0758. The van der Waals surface area contributed by atoms with Crippen molar-refractivity contribution < 1.29 is 32.6 Å². The van der Waals surface area contributed by atoms with E-state index >= 15 is 0 Å². The molecule has 1 spiro atoms. The normalized spacial score (nSPS) is 23.1. The average molecular weight is 339 g/mol. The van der Waals surface area contributed by atoms with Gasteiger partial charge in [-0.25, -0.2) is 9.59 Å². The number of nitrogens with zero attached hydrogens (tertiary/aromatic N) is 2. The average Bonchev–Trinajstić information content (AvgIpc) is 2.99. The van der Waals surface area contributed by atoms with Gasteiger partial charge >= 0.3 is 18.2 Å². The lowest BCUT2D eigenvalue weighted by atomic mass is 9.95. The molecular weight excluding hydrogens is 319 g/mol. The molecule has 2 amide bonds. The number of alkyl halides is 3. The number of rotatable bonds is 0. The van der Waals surface area contributed by atoms with Crippen LogP contribution in [0.2, 0.25) is 0 Å². The van der Waals surface area contributed by atoms with E-state index in [4.69, 9.17) is 14.6 Å². The number of carboxylic acid groups (broad SMARTS) is 1. The summed E-state index contributed by atoms with van der Waals surface area (Å²) < 4.78 is 37.5. The number of hydrogen-bond acceptors (Lipinski definition) is 4. The number of hydrogen-bond donors (Lipinski definition) is 2. The summed E-state index contributed by atoms with van der Waals surface area (Å²) in [5, 5.41) is 10.3. The van der Waals surface area contributed by atoms with Gasteiger partial charge < -0.3 is 25.0 Å². The van der Waals surface area contributed by atoms with E-state index in [9.17, 15) is 18.0 Å². The smallest absolute Gasteiger partial charge is 0.475 e. The van der Waals surface area contributed by atoms with Crippen LogP contribution < -0.4 is 5.32 Å². The second kappa shape index (κ2) is 6.91. The van der Waals surface area contributed by atoms with Crippen molar-refractivity contribution in [1.82, 2.24) is 15.1 Å². The van der Waals surface area contributed by atoms with E-state index in [2.05, 4.69) is 5.32 Å². The molecule has 7 nitrogen and oxygen atoms in total. The number of carbonyl (C=O) groups is 2. The standard InChI is InChI=1S/C11H19N3O2.C2HF3O2/c15-10(13-3-1-2-4-13)14-5-6-16-11(9-14)7-12-8-11;3-2(4,5)1(6)7/h12H,1-9H2;(H,6,7). The molecule has 3 fully saturated rings. The molecule has 2 N–H and O–H groups in total. The van der Waals surface area contributed by atoms with Crippen LogP contribution in [0.15, 0.2) is 0 Å². The van der Waals surface area contributed by atoms with Crippen molar-refractivity contribution in [2.24, 2.45) is 0 Å². The van der Waals surface area contributed by atoms with Crippen molar-refractivity contribution >= 4 is 12.0 Å². The highest BCUT2D eigenvalue weighted by atomic mass is 19.4. The van der Waals surface area contributed by atoms with Gasteiger partial charge in [-0.2, -0.15) is 13.2 Å². The van der Waals surface area contributed by atoms with Gasteiger partial charge in [0.15, 0.2) is 0 Å². The molecule has 0 atom stereocenters. The number of halogens is 3. The van der Waals surface area contributed by atoms with Crippen molar-refractivity contribution in [3.05, 3.63) is 0 Å². The van der Waals surface area contributed by atoms with Gasteiger partial charge in [0.1, 0.15) is 5.60 Å². The van der Waals surface area contributed by atoms with E-state index in [0.717, 1.165) is 52.1 Å². The molecule has 0 aromatic rings. The summed E-state index contributed by atoms with van der Waals surface area (Å²) >= 11 is 0. The molecule has 3 aliphatic rings. The summed E-state index contributed by atoms with van der Waals surface area (Å²) in [5.74, 6) is -2.76. The van der Waals surface area contributed by atoms with Gasteiger partial charge in [-0.15, -0.1) is 0 Å². The Morgan fingerprint density at radius 3 is 2.09 bits per heavy atom. The molecule has 0 radical (unpaired) electrons. The second-order valence-corrected chi connectivity index (χ2v) is 5.84. The Bertz CT molecular complexity index is 448. The number of urea groups is 1. The number of ether oxygens (including phenoxy) is 1. The largest absolute Gasteiger partial charge is 0.490 e. The maximum Gasteiger partial charge on any atom is 0.490 e. The minimum Gasteiger partial charge on any atom is -0.475 e. The van der Waals surface area contributed by atoms with Crippen LogP contribution in [0.5, 0.6) is 0 Å². The van der Waals surface area contributed by atoms with E-state index < -0.39 is 12.1 Å². The first-order chi connectivity index (χ1) is 10.7. The predicted octanol–water partition coefficient (Wildman–Crippen LogP) is 0.510. The fraction of sp³-hybridized carbons (Fsp3) is 0.846. The Morgan fingerprint density at radius 1 is 1.09 bits per heavy atom. The number of carboxylic acids is 1. The fourth-order valence-corrected chi connectivity index (χ4v) is 2.73. The van der Waals surface area contributed by atoms with Gasteiger partial charge in [-0.3, -0.25) is 0 Å². The second-order valence-electron chi connectivity index (χ2n) is 5.84. The van der Waals surface area contributed by atoms with E-state index in [-0.39, 0.29) is 11.6 Å². The predicted molar refractivity (Wildman–Crippen MR) is 73.0 cm³/mol. The topological polar surface area (TPSA) is 82.1 Å². The monoisotopic (exact) mass is 339 g/mol. The highest BCUT2D eigenvalue weighted by molar-refractivity contribution is 5.75. The van der Waals surface area contributed by atoms with Crippen LogP contribution in [-0.2, 0) is 9.53 Å². The molecular formula is C13H20F3N3O4. The lowest BCUT2D eigenvalue weighted by Crippen LogP contribution is -2.70. The van der Waals surface area contributed by atoms with Crippen molar-refractivity contribution in [3.8, 4) is 0 Å². The van der Waals surface area contributed by atoms with Crippen LogP contribution in [0, 0.1) is 0 Å². The van der Waals surface area contributed by atoms with Crippen LogP contribution in [0.1, 0.15) is 12.8 Å². The molecule has 0 aliphatic carbocycles. The number of carbonyl (C=O) groups excluding carboxylic acids is 1. The maximum absolute atomic E-state index is 12.2. The van der Waals surface area contributed by atoms with Gasteiger partial charge in [0, 0.05) is 32.7 Å². The number of aliphatic carboxylic acids is 1. The van der Waals surface area contributed by atoms with Gasteiger partial charge in [-0.1, -0.05) is 0 Å². The molecule has 0 aromatic carbocycles. The number of nitrogens with one attached hydrogen (secondary N) is 1. The minimum atomic E-state index is -5.08. The lowest BCUT2D eigenvalue weighted by Gasteiger charge is -2.49. The zero-order chi connectivity index (χ0) is 17.1. The molecule has 3 saturated heterocycles. The third-order valence-electron chi connectivity index (χ3n) is 4.03. The minimum absolute atomic E-state index is 0.0758. The zero-order valence-corrected chi connectivity index (χ0v) is 12.6. The van der Waals surface area contributed by atoms with Crippen LogP contribution in [-0.4, -0.2) is 84.6 Å². The van der Waals surface area contributed by atoms with Crippen LogP contribution >= 0.6 is 0 Å². The number of morpholine rings is 1. The Balaban J connectivity index is 0.000000236. The number of likely N-dealkylation sites (tertiary alicyclic amines) is 1. The molecule has 0 bridgehead atoms. The molecule has 0 saturated carbocycles. The van der Waals surface area contributed by atoms with Gasteiger partial charge in [0.2, 0.25) is 0 Å². The summed E-state index contributed by atoms with van der Waals surface area (Å²) in [6, 6.07) is 0.215. The Labute approximate surface area is 131 Å². The maximum atomic E-state index is 12.2. The molecule has 0 unspecified atom stereocenters. The molecule has 23 heavy (non-hydrogen) atoms. The molecule has 132 valence electrons. The van der Waals surface area contributed by atoms with Crippen molar-refractivity contribution in [1.29, 1.82) is 0 Å².